The molecule has 0 spiro atoms. The number of nitrogens with zero attached hydrogens (tertiary/aromatic N) is 3. The van der Waals surface area contributed by atoms with Crippen molar-refractivity contribution in [1.29, 1.82) is 0 Å². The molecule has 0 atom stereocenters. The molecule has 0 unspecified atom stereocenters. The van der Waals surface area contributed by atoms with E-state index >= 15 is 0 Å². The molecule has 0 aliphatic heterocycles. The highest BCUT2D eigenvalue weighted by Crippen LogP contribution is 2.14. The summed E-state index contributed by atoms with van der Waals surface area (Å²) in [6, 6.07) is 10.5. The Kier molecular flexibility index (Phi) is 4.93. The van der Waals surface area contributed by atoms with Crippen molar-refractivity contribution in [1.82, 2.24) is 9.97 Å². The third-order valence-corrected chi connectivity index (χ3v) is 3.33. The first-order valence-electron chi connectivity index (χ1n) is 7.09. The Labute approximate surface area is 120 Å². The Balaban J connectivity index is 2.02. The average molecular weight is 270 g/mol. The van der Waals surface area contributed by atoms with Gasteiger partial charge >= 0.3 is 0 Å². The van der Waals surface area contributed by atoms with Gasteiger partial charge in [-0.25, -0.2) is 9.97 Å². The molecular formula is C16H22N4. The molecule has 0 aliphatic rings. The van der Waals surface area contributed by atoms with Crippen molar-refractivity contribution in [2.45, 2.75) is 27.3 Å². The van der Waals surface area contributed by atoms with Gasteiger partial charge in [-0.1, -0.05) is 29.8 Å². The first-order chi connectivity index (χ1) is 9.72. The van der Waals surface area contributed by atoms with Crippen molar-refractivity contribution in [2.24, 2.45) is 0 Å². The Morgan fingerprint density at radius 3 is 2.40 bits per heavy atom. The molecule has 4 nitrogen and oxygen atoms in total. The number of aryl methyl sites for hydroxylation is 1. The van der Waals surface area contributed by atoms with Crippen LogP contribution < -0.4 is 10.2 Å². The van der Waals surface area contributed by atoms with E-state index in [1.807, 2.05) is 6.07 Å². The topological polar surface area (TPSA) is 41.0 Å². The van der Waals surface area contributed by atoms with Crippen LogP contribution in [0.2, 0.25) is 0 Å². The van der Waals surface area contributed by atoms with E-state index in [2.05, 4.69) is 65.2 Å². The van der Waals surface area contributed by atoms with Gasteiger partial charge in [0, 0.05) is 25.7 Å². The fourth-order valence-corrected chi connectivity index (χ4v) is 2.06. The lowest BCUT2D eigenvalue weighted by Gasteiger charge is -2.19. The van der Waals surface area contributed by atoms with Gasteiger partial charge in [0.05, 0.1) is 0 Å². The summed E-state index contributed by atoms with van der Waals surface area (Å²) in [6.07, 6.45) is 1.62. The molecule has 0 saturated carbocycles. The van der Waals surface area contributed by atoms with Crippen LogP contribution in [0.4, 0.5) is 11.6 Å². The fourth-order valence-electron chi connectivity index (χ4n) is 2.06. The Bertz CT molecular complexity index is 532. The summed E-state index contributed by atoms with van der Waals surface area (Å²) in [4.78, 5) is 10.8. The van der Waals surface area contributed by atoms with Gasteiger partial charge < -0.3 is 10.2 Å². The Morgan fingerprint density at radius 1 is 1.05 bits per heavy atom. The molecule has 1 N–H and O–H groups in total. The lowest BCUT2D eigenvalue weighted by molar-refractivity contribution is 0.841. The SMILES string of the molecule is CCN(CC)c1cc(NCc2ccc(C)cc2)ncn1. The van der Waals surface area contributed by atoms with Crippen LogP contribution in [0.15, 0.2) is 36.7 Å². The Hall–Kier alpha value is -2.10. The zero-order valence-corrected chi connectivity index (χ0v) is 12.4. The van der Waals surface area contributed by atoms with E-state index in [-0.39, 0.29) is 0 Å². The minimum atomic E-state index is 0.773. The third kappa shape index (κ3) is 3.70. The molecule has 1 aromatic heterocycles. The van der Waals surface area contributed by atoms with Crippen molar-refractivity contribution in [3.63, 3.8) is 0 Å². The van der Waals surface area contributed by atoms with E-state index in [9.17, 15) is 0 Å². The number of aromatic nitrogens is 2. The van der Waals surface area contributed by atoms with Crippen molar-refractivity contribution in [3.8, 4) is 0 Å². The smallest absolute Gasteiger partial charge is 0.134 e. The normalized spacial score (nSPS) is 10.3. The van der Waals surface area contributed by atoms with E-state index in [1.165, 1.54) is 11.1 Å². The summed E-state index contributed by atoms with van der Waals surface area (Å²) in [6.45, 7) is 9.03. The highest BCUT2D eigenvalue weighted by atomic mass is 15.2. The summed E-state index contributed by atoms with van der Waals surface area (Å²) in [7, 11) is 0. The zero-order chi connectivity index (χ0) is 14.4. The van der Waals surface area contributed by atoms with Crippen LogP contribution in [0.5, 0.6) is 0 Å². The second kappa shape index (κ2) is 6.89. The maximum atomic E-state index is 4.32. The van der Waals surface area contributed by atoms with E-state index in [0.29, 0.717) is 0 Å². The van der Waals surface area contributed by atoms with E-state index in [4.69, 9.17) is 0 Å². The summed E-state index contributed by atoms with van der Waals surface area (Å²) in [5.41, 5.74) is 2.53. The van der Waals surface area contributed by atoms with Crippen molar-refractivity contribution < 1.29 is 0 Å². The molecule has 0 radical (unpaired) electrons. The van der Waals surface area contributed by atoms with Crippen molar-refractivity contribution >= 4 is 11.6 Å². The van der Waals surface area contributed by atoms with Crippen molar-refractivity contribution in [3.05, 3.63) is 47.8 Å². The molecule has 1 aromatic carbocycles. The first-order valence-corrected chi connectivity index (χ1v) is 7.09. The molecule has 0 aliphatic carbocycles. The van der Waals surface area contributed by atoms with Gasteiger partial charge in [0.15, 0.2) is 0 Å². The lowest BCUT2D eigenvalue weighted by atomic mass is 10.1. The van der Waals surface area contributed by atoms with Crippen LogP contribution in [-0.4, -0.2) is 23.1 Å². The van der Waals surface area contributed by atoms with E-state index in [0.717, 1.165) is 31.3 Å². The van der Waals surface area contributed by atoms with Gasteiger partial charge in [-0.3, -0.25) is 0 Å². The molecule has 4 heteroatoms. The van der Waals surface area contributed by atoms with Crippen LogP contribution >= 0.6 is 0 Å². The number of benzene rings is 1. The average Bonchev–Trinajstić information content (AvgIpc) is 2.48. The summed E-state index contributed by atoms with van der Waals surface area (Å²) < 4.78 is 0. The maximum Gasteiger partial charge on any atom is 0.134 e. The van der Waals surface area contributed by atoms with Gasteiger partial charge in [0.25, 0.3) is 0 Å². The molecule has 0 amide bonds. The molecule has 106 valence electrons. The quantitative estimate of drug-likeness (QED) is 0.875. The van der Waals surface area contributed by atoms with Crippen LogP contribution in [0.25, 0.3) is 0 Å². The highest BCUT2D eigenvalue weighted by Gasteiger charge is 2.04. The minimum Gasteiger partial charge on any atom is -0.366 e. The van der Waals surface area contributed by atoms with Gasteiger partial charge in [0.1, 0.15) is 18.0 Å². The molecular weight excluding hydrogens is 248 g/mol. The predicted molar refractivity (Wildman–Crippen MR) is 84.1 cm³/mol. The van der Waals surface area contributed by atoms with Crippen LogP contribution in [0, 0.1) is 6.92 Å². The van der Waals surface area contributed by atoms with E-state index in [1.54, 1.807) is 6.33 Å². The molecule has 0 bridgehead atoms. The summed E-state index contributed by atoms with van der Waals surface area (Å²) in [5.74, 6) is 1.83. The lowest BCUT2D eigenvalue weighted by Crippen LogP contribution is -2.23. The monoisotopic (exact) mass is 270 g/mol. The molecule has 0 saturated heterocycles. The fraction of sp³-hybridized carbons (Fsp3) is 0.375. The van der Waals surface area contributed by atoms with Gasteiger partial charge in [-0.15, -0.1) is 0 Å². The van der Waals surface area contributed by atoms with Gasteiger partial charge in [-0.2, -0.15) is 0 Å². The molecule has 1 heterocycles. The van der Waals surface area contributed by atoms with Gasteiger partial charge in [-0.05, 0) is 26.3 Å². The number of rotatable bonds is 6. The molecule has 2 rings (SSSR count). The van der Waals surface area contributed by atoms with E-state index < -0.39 is 0 Å². The Morgan fingerprint density at radius 2 is 1.75 bits per heavy atom. The van der Waals surface area contributed by atoms with Crippen LogP contribution in [0.3, 0.4) is 0 Å². The number of anilines is 2. The van der Waals surface area contributed by atoms with Gasteiger partial charge in [0.2, 0.25) is 0 Å². The second-order valence-electron chi connectivity index (χ2n) is 4.77. The summed E-state index contributed by atoms with van der Waals surface area (Å²) in [5, 5.41) is 3.35. The number of hydrogen-bond donors (Lipinski definition) is 1. The first kappa shape index (κ1) is 14.3. The molecule has 0 fully saturated rings. The number of nitrogens with one attached hydrogen (secondary N) is 1. The van der Waals surface area contributed by atoms with Crippen molar-refractivity contribution in [2.75, 3.05) is 23.3 Å². The summed E-state index contributed by atoms with van der Waals surface area (Å²) >= 11 is 0. The maximum absolute atomic E-state index is 4.32. The largest absolute Gasteiger partial charge is 0.366 e. The minimum absolute atomic E-state index is 0.773. The predicted octanol–water partition coefficient (Wildman–Crippen LogP) is 3.24. The molecule has 2 aromatic rings. The third-order valence-electron chi connectivity index (χ3n) is 3.33. The van der Waals surface area contributed by atoms with Crippen LogP contribution in [0.1, 0.15) is 25.0 Å². The van der Waals surface area contributed by atoms with Crippen LogP contribution in [-0.2, 0) is 6.54 Å². The number of hydrogen-bond acceptors (Lipinski definition) is 4. The second-order valence-corrected chi connectivity index (χ2v) is 4.77. The highest BCUT2D eigenvalue weighted by molar-refractivity contribution is 5.48. The molecule has 20 heavy (non-hydrogen) atoms. The zero-order valence-electron chi connectivity index (χ0n) is 12.4. The standard InChI is InChI=1S/C16H22N4/c1-4-20(5-2)16-10-15(18-12-19-16)17-11-14-8-6-13(3)7-9-14/h6-10,12H,4-5,11H2,1-3H3,(H,17,18,19).